The number of imidazole rings is 1. The van der Waals surface area contributed by atoms with Gasteiger partial charge in [-0.05, 0) is 24.4 Å². The highest BCUT2D eigenvalue weighted by Gasteiger charge is 2.09. The first-order valence-electron chi connectivity index (χ1n) is 4.00. The minimum atomic E-state index is -0.517. The Morgan fingerprint density at radius 3 is 2.53 bits per heavy atom. The summed E-state index contributed by atoms with van der Waals surface area (Å²) in [5.41, 5.74) is 1.14. The van der Waals surface area contributed by atoms with Gasteiger partial charge in [0.05, 0.1) is 15.7 Å². The molecule has 0 spiro atoms. The first kappa shape index (κ1) is 10.7. The standard InChI is InChI=1S/C9H5Cl2FN2S/c10-5-2-6(11)7(12)1-4(5)8-3-13-9(15)14-8/h1-3H,(H2,13,14,15). The van der Waals surface area contributed by atoms with E-state index in [0.717, 1.165) is 0 Å². The zero-order chi connectivity index (χ0) is 11.0. The van der Waals surface area contributed by atoms with Gasteiger partial charge in [-0.1, -0.05) is 23.2 Å². The lowest BCUT2D eigenvalue weighted by Crippen LogP contribution is -1.84. The van der Waals surface area contributed by atoms with Crippen molar-refractivity contribution in [3.8, 4) is 11.3 Å². The van der Waals surface area contributed by atoms with Crippen LogP contribution in [0.25, 0.3) is 11.3 Å². The molecule has 0 aliphatic carbocycles. The molecule has 0 unspecified atom stereocenters. The van der Waals surface area contributed by atoms with Crippen molar-refractivity contribution in [3.05, 3.63) is 39.0 Å². The second kappa shape index (κ2) is 3.96. The van der Waals surface area contributed by atoms with E-state index in [1.807, 2.05) is 0 Å². The summed E-state index contributed by atoms with van der Waals surface area (Å²) in [7, 11) is 0. The minimum Gasteiger partial charge on any atom is -0.337 e. The molecule has 0 saturated heterocycles. The molecule has 2 N–H and O–H groups in total. The summed E-state index contributed by atoms with van der Waals surface area (Å²) in [5.74, 6) is -0.517. The quantitative estimate of drug-likeness (QED) is 0.586. The van der Waals surface area contributed by atoms with Gasteiger partial charge >= 0.3 is 0 Å². The van der Waals surface area contributed by atoms with Crippen LogP contribution in [0.4, 0.5) is 4.39 Å². The number of halogens is 3. The van der Waals surface area contributed by atoms with Crippen LogP contribution in [0.1, 0.15) is 0 Å². The van der Waals surface area contributed by atoms with Crippen LogP contribution in [0.2, 0.25) is 10.0 Å². The van der Waals surface area contributed by atoms with Crippen molar-refractivity contribution < 1.29 is 4.39 Å². The van der Waals surface area contributed by atoms with Crippen LogP contribution in [0.5, 0.6) is 0 Å². The van der Waals surface area contributed by atoms with Crippen LogP contribution in [-0.2, 0) is 0 Å². The van der Waals surface area contributed by atoms with E-state index in [1.54, 1.807) is 6.20 Å². The van der Waals surface area contributed by atoms with E-state index >= 15 is 0 Å². The molecule has 0 bridgehead atoms. The lowest BCUT2D eigenvalue weighted by molar-refractivity contribution is 0.628. The molecule has 1 heterocycles. The molecule has 15 heavy (non-hydrogen) atoms. The number of benzene rings is 1. The molecule has 1 aromatic carbocycles. The summed E-state index contributed by atoms with van der Waals surface area (Å²) in [6, 6.07) is 2.62. The molecule has 0 radical (unpaired) electrons. The summed E-state index contributed by atoms with van der Waals surface area (Å²) < 4.78 is 13.7. The van der Waals surface area contributed by atoms with Gasteiger partial charge in [0.15, 0.2) is 4.77 Å². The Kier molecular flexibility index (Phi) is 2.82. The van der Waals surface area contributed by atoms with E-state index in [1.165, 1.54) is 12.1 Å². The maximum atomic E-state index is 13.2. The van der Waals surface area contributed by atoms with Gasteiger partial charge in [0.2, 0.25) is 0 Å². The molecular weight excluding hydrogens is 258 g/mol. The first-order chi connectivity index (χ1) is 7.08. The predicted octanol–water partition coefficient (Wildman–Crippen LogP) is 4.19. The lowest BCUT2D eigenvalue weighted by atomic mass is 10.1. The highest BCUT2D eigenvalue weighted by Crippen LogP contribution is 2.30. The third-order valence-corrected chi connectivity index (χ3v) is 2.72. The SMILES string of the molecule is Fc1cc(-c2c[nH]c(=S)[nH]2)c(Cl)cc1Cl. The fourth-order valence-electron chi connectivity index (χ4n) is 1.21. The molecule has 0 amide bonds. The Bertz CT molecular complexity index is 561. The summed E-state index contributed by atoms with van der Waals surface area (Å²) in [6.45, 7) is 0. The van der Waals surface area contributed by atoms with Gasteiger partial charge in [-0.15, -0.1) is 0 Å². The van der Waals surface area contributed by atoms with E-state index in [-0.39, 0.29) is 5.02 Å². The molecular formula is C9H5Cl2FN2S. The van der Waals surface area contributed by atoms with Gasteiger partial charge in [-0.25, -0.2) is 4.39 Å². The van der Waals surface area contributed by atoms with Gasteiger partial charge in [-0.2, -0.15) is 0 Å². The summed E-state index contributed by atoms with van der Waals surface area (Å²) in [4.78, 5) is 5.62. The Morgan fingerprint density at radius 1 is 1.20 bits per heavy atom. The molecule has 0 fully saturated rings. The van der Waals surface area contributed by atoms with Crippen LogP contribution in [0, 0.1) is 10.6 Å². The molecule has 2 nitrogen and oxygen atoms in total. The largest absolute Gasteiger partial charge is 0.337 e. The third kappa shape index (κ3) is 2.07. The fourth-order valence-corrected chi connectivity index (χ4v) is 1.86. The average molecular weight is 263 g/mol. The number of hydrogen-bond acceptors (Lipinski definition) is 1. The third-order valence-electron chi connectivity index (χ3n) is 1.90. The number of aromatic amines is 2. The Balaban J connectivity index is 2.63. The van der Waals surface area contributed by atoms with Gasteiger partial charge < -0.3 is 9.97 Å². The highest BCUT2D eigenvalue weighted by molar-refractivity contribution is 7.71. The van der Waals surface area contributed by atoms with E-state index in [4.69, 9.17) is 35.4 Å². The molecule has 78 valence electrons. The maximum Gasteiger partial charge on any atom is 0.174 e. The summed E-state index contributed by atoms with van der Waals surface area (Å²) in [5, 5.41) is 0.365. The molecule has 0 aliphatic rings. The Labute approximate surface area is 100 Å². The molecule has 0 saturated carbocycles. The smallest absolute Gasteiger partial charge is 0.174 e. The fraction of sp³-hybridized carbons (Fsp3) is 0. The zero-order valence-electron chi connectivity index (χ0n) is 7.27. The van der Waals surface area contributed by atoms with Crippen molar-refractivity contribution >= 4 is 35.4 Å². The number of aromatic nitrogens is 2. The number of nitrogens with one attached hydrogen (secondary N) is 2. The molecule has 6 heteroatoms. The van der Waals surface area contributed by atoms with Crippen molar-refractivity contribution in [1.29, 1.82) is 0 Å². The summed E-state index contributed by atoms with van der Waals surface area (Å²) in [6.07, 6.45) is 1.62. The van der Waals surface area contributed by atoms with Crippen molar-refractivity contribution in [3.63, 3.8) is 0 Å². The second-order valence-corrected chi connectivity index (χ2v) is 4.13. The van der Waals surface area contributed by atoms with Crippen molar-refractivity contribution in [2.75, 3.05) is 0 Å². The van der Waals surface area contributed by atoms with Gasteiger partial charge in [0.25, 0.3) is 0 Å². The van der Waals surface area contributed by atoms with Crippen LogP contribution in [-0.4, -0.2) is 9.97 Å². The number of rotatable bonds is 1. The monoisotopic (exact) mass is 262 g/mol. The minimum absolute atomic E-state index is 0.00196. The van der Waals surface area contributed by atoms with E-state index < -0.39 is 5.82 Å². The normalized spacial score (nSPS) is 10.6. The van der Waals surface area contributed by atoms with Crippen molar-refractivity contribution in [2.45, 2.75) is 0 Å². The van der Waals surface area contributed by atoms with Gasteiger partial charge in [0.1, 0.15) is 5.82 Å². The molecule has 0 atom stereocenters. The van der Waals surface area contributed by atoms with Crippen molar-refractivity contribution in [1.82, 2.24) is 9.97 Å². The van der Waals surface area contributed by atoms with Gasteiger partial charge in [-0.3, -0.25) is 0 Å². The topological polar surface area (TPSA) is 31.6 Å². The van der Waals surface area contributed by atoms with Gasteiger partial charge in [0, 0.05) is 11.8 Å². The molecule has 2 rings (SSSR count). The highest BCUT2D eigenvalue weighted by atomic mass is 35.5. The molecule has 2 aromatic rings. The summed E-state index contributed by atoms with van der Waals surface area (Å²) >= 11 is 16.4. The maximum absolute atomic E-state index is 13.2. The van der Waals surface area contributed by atoms with Crippen molar-refractivity contribution in [2.24, 2.45) is 0 Å². The van der Waals surface area contributed by atoms with Crippen LogP contribution in [0.3, 0.4) is 0 Å². The van der Waals surface area contributed by atoms with Crippen LogP contribution >= 0.6 is 35.4 Å². The number of hydrogen-bond donors (Lipinski definition) is 2. The van der Waals surface area contributed by atoms with E-state index in [0.29, 0.717) is 21.1 Å². The van der Waals surface area contributed by atoms with Crippen LogP contribution in [0.15, 0.2) is 18.3 Å². The first-order valence-corrected chi connectivity index (χ1v) is 5.17. The van der Waals surface area contributed by atoms with Crippen LogP contribution < -0.4 is 0 Å². The molecule has 1 aromatic heterocycles. The number of H-pyrrole nitrogens is 2. The zero-order valence-corrected chi connectivity index (χ0v) is 9.60. The lowest BCUT2D eigenvalue weighted by Gasteiger charge is -2.02. The Hall–Kier alpha value is -0.840. The second-order valence-electron chi connectivity index (χ2n) is 2.90. The average Bonchev–Trinajstić information content (AvgIpc) is 2.58. The van der Waals surface area contributed by atoms with E-state index in [9.17, 15) is 4.39 Å². The molecule has 0 aliphatic heterocycles. The predicted molar refractivity (Wildman–Crippen MR) is 61.4 cm³/mol. The van der Waals surface area contributed by atoms with E-state index in [2.05, 4.69) is 9.97 Å². The Morgan fingerprint density at radius 2 is 1.93 bits per heavy atom.